The summed E-state index contributed by atoms with van der Waals surface area (Å²) in [4.78, 5) is 4.07. The maximum absolute atomic E-state index is 9.33. The SMILES string of the molecule is CCCNC(Cc1ccc(O)cc1)c1ccncc1. The summed E-state index contributed by atoms with van der Waals surface area (Å²) in [6.07, 6.45) is 5.67. The summed E-state index contributed by atoms with van der Waals surface area (Å²) in [5, 5.41) is 12.9. The van der Waals surface area contributed by atoms with Crippen molar-refractivity contribution < 1.29 is 5.11 Å². The molecule has 19 heavy (non-hydrogen) atoms. The van der Waals surface area contributed by atoms with Gasteiger partial charge in [0.2, 0.25) is 0 Å². The molecule has 1 aromatic heterocycles. The average Bonchev–Trinajstić information content (AvgIpc) is 2.46. The Kier molecular flexibility index (Phi) is 4.93. The van der Waals surface area contributed by atoms with E-state index < -0.39 is 0 Å². The standard InChI is InChI=1S/C16H20N2O/c1-2-9-18-16(14-7-10-17-11-8-14)12-13-3-5-15(19)6-4-13/h3-8,10-11,16,18-19H,2,9,12H2,1H3. The summed E-state index contributed by atoms with van der Waals surface area (Å²) in [6.45, 7) is 3.15. The fraction of sp³-hybridized carbons (Fsp3) is 0.312. The van der Waals surface area contributed by atoms with E-state index in [1.54, 1.807) is 12.1 Å². The van der Waals surface area contributed by atoms with Crippen molar-refractivity contribution in [1.29, 1.82) is 0 Å². The van der Waals surface area contributed by atoms with Gasteiger partial charge in [0.15, 0.2) is 0 Å². The molecular weight excluding hydrogens is 236 g/mol. The lowest BCUT2D eigenvalue weighted by Gasteiger charge is -2.19. The van der Waals surface area contributed by atoms with E-state index in [0.717, 1.165) is 19.4 Å². The third kappa shape index (κ3) is 4.07. The highest BCUT2D eigenvalue weighted by atomic mass is 16.3. The molecule has 0 aliphatic heterocycles. The number of pyridine rings is 1. The number of benzene rings is 1. The van der Waals surface area contributed by atoms with Crippen molar-refractivity contribution in [3.8, 4) is 5.75 Å². The lowest BCUT2D eigenvalue weighted by Crippen LogP contribution is -2.24. The Morgan fingerprint density at radius 1 is 1.11 bits per heavy atom. The van der Waals surface area contributed by atoms with Crippen molar-refractivity contribution >= 4 is 0 Å². The normalized spacial score (nSPS) is 12.3. The third-order valence-corrected chi connectivity index (χ3v) is 3.13. The van der Waals surface area contributed by atoms with Crippen LogP contribution in [0, 0.1) is 0 Å². The van der Waals surface area contributed by atoms with Crippen LogP contribution < -0.4 is 5.32 Å². The highest BCUT2D eigenvalue weighted by molar-refractivity contribution is 5.28. The molecule has 3 heteroatoms. The van der Waals surface area contributed by atoms with Gasteiger partial charge in [-0.1, -0.05) is 19.1 Å². The molecule has 2 rings (SSSR count). The predicted octanol–water partition coefficient (Wildman–Crippen LogP) is 3.07. The zero-order valence-electron chi connectivity index (χ0n) is 11.2. The van der Waals surface area contributed by atoms with Gasteiger partial charge >= 0.3 is 0 Å². The van der Waals surface area contributed by atoms with E-state index in [0.29, 0.717) is 5.75 Å². The molecule has 0 aliphatic carbocycles. The summed E-state index contributed by atoms with van der Waals surface area (Å²) in [5.41, 5.74) is 2.46. The molecule has 1 aromatic carbocycles. The molecule has 0 aliphatic rings. The maximum atomic E-state index is 9.33. The van der Waals surface area contributed by atoms with Crippen molar-refractivity contribution in [1.82, 2.24) is 10.3 Å². The molecule has 2 aromatic rings. The zero-order chi connectivity index (χ0) is 13.5. The number of rotatable bonds is 6. The fourth-order valence-corrected chi connectivity index (χ4v) is 2.09. The molecule has 100 valence electrons. The topological polar surface area (TPSA) is 45.1 Å². The van der Waals surface area contributed by atoms with E-state index in [4.69, 9.17) is 0 Å². The first-order valence-electron chi connectivity index (χ1n) is 6.71. The van der Waals surface area contributed by atoms with E-state index in [1.807, 2.05) is 36.7 Å². The van der Waals surface area contributed by atoms with Gasteiger partial charge in [-0.25, -0.2) is 0 Å². The van der Waals surface area contributed by atoms with Gasteiger partial charge in [-0.15, -0.1) is 0 Å². The smallest absolute Gasteiger partial charge is 0.115 e. The number of hydrogen-bond acceptors (Lipinski definition) is 3. The second-order valence-electron chi connectivity index (χ2n) is 4.66. The van der Waals surface area contributed by atoms with E-state index in [2.05, 4.69) is 17.2 Å². The summed E-state index contributed by atoms with van der Waals surface area (Å²) >= 11 is 0. The van der Waals surface area contributed by atoms with Gasteiger partial charge in [0, 0.05) is 18.4 Å². The number of aromatic nitrogens is 1. The maximum Gasteiger partial charge on any atom is 0.115 e. The molecule has 2 N–H and O–H groups in total. The van der Waals surface area contributed by atoms with Crippen LogP contribution in [0.5, 0.6) is 5.75 Å². The molecule has 0 spiro atoms. The van der Waals surface area contributed by atoms with Gasteiger partial charge < -0.3 is 10.4 Å². The van der Waals surface area contributed by atoms with Gasteiger partial charge in [0.1, 0.15) is 5.75 Å². The lowest BCUT2D eigenvalue weighted by molar-refractivity contribution is 0.474. The number of nitrogens with zero attached hydrogens (tertiary/aromatic N) is 1. The van der Waals surface area contributed by atoms with Crippen molar-refractivity contribution in [3.63, 3.8) is 0 Å². The summed E-state index contributed by atoms with van der Waals surface area (Å²) in [7, 11) is 0. The monoisotopic (exact) mass is 256 g/mol. The Hall–Kier alpha value is -1.87. The second-order valence-corrected chi connectivity index (χ2v) is 4.66. The zero-order valence-corrected chi connectivity index (χ0v) is 11.2. The van der Waals surface area contributed by atoms with Gasteiger partial charge in [-0.05, 0) is 54.8 Å². The number of hydrogen-bond donors (Lipinski definition) is 2. The fourth-order valence-electron chi connectivity index (χ4n) is 2.09. The quantitative estimate of drug-likeness (QED) is 0.835. The molecule has 0 radical (unpaired) electrons. The molecule has 0 bridgehead atoms. The van der Waals surface area contributed by atoms with Crippen molar-refractivity contribution in [2.75, 3.05) is 6.54 Å². The Morgan fingerprint density at radius 2 is 1.79 bits per heavy atom. The Labute approximate surface area is 114 Å². The van der Waals surface area contributed by atoms with Crippen LogP contribution in [0.2, 0.25) is 0 Å². The molecule has 1 atom stereocenters. The summed E-state index contributed by atoms with van der Waals surface area (Å²) < 4.78 is 0. The van der Waals surface area contributed by atoms with E-state index in [-0.39, 0.29) is 6.04 Å². The van der Waals surface area contributed by atoms with Crippen molar-refractivity contribution in [3.05, 3.63) is 59.9 Å². The molecule has 3 nitrogen and oxygen atoms in total. The van der Waals surface area contributed by atoms with Gasteiger partial charge in [0.05, 0.1) is 0 Å². The van der Waals surface area contributed by atoms with Crippen LogP contribution in [-0.4, -0.2) is 16.6 Å². The number of phenols is 1. The van der Waals surface area contributed by atoms with Gasteiger partial charge in [-0.2, -0.15) is 0 Å². The average molecular weight is 256 g/mol. The van der Waals surface area contributed by atoms with Gasteiger partial charge in [-0.3, -0.25) is 4.98 Å². The second kappa shape index (κ2) is 6.90. The molecule has 0 amide bonds. The number of nitrogens with one attached hydrogen (secondary N) is 1. The van der Waals surface area contributed by atoms with Crippen LogP contribution in [0.1, 0.15) is 30.5 Å². The minimum atomic E-state index is 0.285. The highest BCUT2D eigenvalue weighted by Gasteiger charge is 2.11. The Balaban J connectivity index is 2.11. The first-order chi connectivity index (χ1) is 9.29. The van der Waals surface area contributed by atoms with E-state index in [9.17, 15) is 5.11 Å². The largest absolute Gasteiger partial charge is 0.508 e. The minimum Gasteiger partial charge on any atom is -0.508 e. The molecule has 1 heterocycles. The van der Waals surface area contributed by atoms with Crippen LogP contribution in [0.15, 0.2) is 48.8 Å². The summed E-state index contributed by atoms with van der Waals surface area (Å²) in [6, 6.07) is 11.8. The minimum absolute atomic E-state index is 0.285. The van der Waals surface area contributed by atoms with E-state index >= 15 is 0 Å². The third-order valence-electron chi connectivity index (χ3n) is 3.13. The Bertz CT molecular complexity index is 482. The Morgan fingerprint density at radius 3 is 2.42 bits per heavy atom. The molecule has 0 fully saturated rings. The number of phenolic OH excluding ortho intramolecular Hbond substituents is 1. The van der Waals surface area contributed by atoms with E-state index in [1.165, 1.54) is 11.1 Å². The van der Waals surface area contributed by atoms with Crippen LogP contribution in [0.3, 0.4) is 0 Å². The first-order valence-corrected chi connectivity index (χ1v) is 6.71. The predicted molar refractivity (Wildman–Crippen MR) is 77.1 cm³/mol. The lowest BCUT2D eigenvalue weighted by atomic mass is 9.99. The van der Waals surface area contributed by atoms with Crippen molar-refractivity contribution in [2.24, 2.45) is 0 Å². The van der Waals surface area contributed by atoms with Gasteiger partial charge in [0.25, 0.3) is 0 Å². The van der Waals surface area contributed by atoms with Crippen LogP contribution in [0.25, 0.3) is 0 Å². The first kappa shape index (κ1) is 13.6. The van der Waals surface area contributed by atoms with Crippen LogP contribution in [0.4, 0.5) is 0 Å². The molecular formula is C16H20N2O. The summed E-state index contributed by atoms with van der Waals surface area (Å²) in [5.74, 6) is 0.311. The highest BCUT2D eigenvalue weighted by Crippen LogP contribution is 2.19. The van der Waals surface area contributed by atoms with Crippen LogP contribution in [-0.2, 0) is 6.42 Å². The molecule has 1 unspecified atom stereocenters. The van der Waals surface area contributed by atoms with Crippen molar-refractivity contribution in [2.45, 2.75) is 25.8 Å². The number of aromatic hydroxyl groups is 1. The molecule has 0 saturated carbocycles. The molecule has 0 saturated heterocycles. The van der Waals surface area contributed by atoms with Crippen LogP contribution >= 0.6 is 0 Å².